The molecule has 1 amide bonds. The topological polar surface area (TPSA) is 108 Å². The summed E-state index contributed by atoms with van der Waals surface area (Å²) in [6, 6.07) is 5.17. The lowest BCUT2D eigenvalue weighted by Gasteiger charge is -2.15. The van der Waals surface area contributed by atoms with Crippen molar-refractivity contribution in [3.05, 3.63) is 45.5 Å². The van der Waals surface area contributed by atoms with E-state index in [0.29, 0.717) is 11.1 Å². The van der Waals surface area contributed by atoms with Gasteiger partial charge in [-0.05, 0) is 24.6 Å². The van der Waals surface area contributed by atoms with E-state index in [0.717, 1.165) is 0 Å². The molecule has 1 atom stereocenters. The molecule has 9 heteroatoms. The molecule has 0 fully saturated rings. The molecule has 0 saturated carbocycles. The predicted molar refractivity (Wildman–Crippen MR) is 80.0 cm³/mol. The molecule has 0 spiro atoms. The van der Waals surface area contributed by atoms with Crippen LogP contribution in [-0.2, 0) is 21.0 Å². The highest BCUT2D eigenvalue weighted by Gasteiger charge is 2.21. The Morgan fingerprint density at radius 3 is 2.50 bits per heavy atom. The molecule has 0 heterocycles. The second kappa shape index (κ2) is 8.88. The van der Waals surface area contributed by atoms with Gasteiger partial charge in [-0.3, -0.25) is 4.79 Å². The zero-order chi connectivity index (χ0) is 16.5. The Bertz CT molecular complexity index is 534. The van der Waals surface area contributed by atoms with E-state index >= 15 is 0 Å². The summed E-state index contributed by atoms with van der Waals surface area (Å²) < 4.78 is 4.82. The van der Waals surface area contributed by atoms with Crippen molar-refractivity contribution in [2.24, 2.45) is 0 Å². The van der Waals surface area contributed by atoms with E-state index < -0.39 is 23.0 Å². The number of thiol groups is 1. The van der Waals surface area contributed by atoms with Gasteiger partial charge in [-0.25, -0.2) is 4.79 Å². The summed E-state index contributed by atoms with van der Waals surface area (Å²) >= 11 is 4.00. The molecule has 0 radical (unpaired) electrons. The molecular formula is C13H16N2O6S. The SMILES string of the molecule is CCOC(=O)[C@H](CS)NC(=O)c1ccc(CO[N+](=O)[O-])cc1. The van der Waals surface area contributed by atoms with Crippen molar-refractivity contribution in [3.63, 3.8) is 0 Å². The largest absolute Gasteiger partial charge is 0.464 e. The number of esters is 1. The fourth-order valence-electron chi connectivity index (χ4n) is 1.54. The Hall–Kier alpha value is -2.29. The van der Waals surface area contributed by atoms with Gasteiger partial charge >= 0.3 is 5.97 Å². The van der Waals surface area contributed by atoms with E-state index in [1.807, 2.05) is 0 Å². The predicted octanol–water partition coefficient (Wildman–Crippen LogP) is 0.986. The molecule has 1 aromatic rings. The van der Waals surface area contributed by atoms with Crippen molar-refractivity contribution in [2.45, 2.75) is 19.6 Å². The molecule has 0 aliphatic rings. The van der Waals surface area contributed by atoms with Crippen molar-refractivity contribution >= 4 is 24.5 Å². The van der Waals surface area contributed by atoms with Crippen LogP contribution >= 0.6 is 12.6 Å². The number of hydrogen-bond donors (Lipinski definition) is 2. The first-order valence-electron chi connectivity index (χ1n) is 6.42. The summed E-state index contributed by atoms with van der Waals surface area (Å²) in [6.45, 7) is 1.68. The van der Waals surface area contributed by atoms with Crippen LogP contribution in [0.2, 0.25) is 0 Å². The summed E-state index contributed by atoms with van der Waals surface area (Å²) in [4.78, 5) is 37.9. The van der Waals surface area contributed by atoms with E-state index in [1.54, 1.807) is 6.92 Å². The van der Waals surface area contributed by atoms with Crippen LogP contribution in [0, 0.1) is 10.1 Å². The van der Waals surface area contributed by atoms with E-state index in [2.05, 4.69) is 22.8 Å². The molecular weight excluding hydrogens is 312 g/mol. The quantitative estimate of drug-likeness (QED) is 0.319. The molecule has 0 aromatic heterocycles. The minimum atomic E-state index is -0.892. The van der Waals surface area contributed by atoms with Gasteiger partial charge in [0, 0.05) is 11.3 Å². The normalized spacial score (nSPS) is 11.4. The van der Waals surface area contributed by atoms with E-state index in [9.17, 15) is 19.7 Å². The zero-order valence-corrected chi connectivity index (χ0v) is 12.7. The maximum absolute atomic E-state index is 12.0. The molecule has 0 unspecified atom stereocenters. The van der Waals surface area contributed by atoms with Crippen molar-refractivity contribution in [1.82, 2.24) is 5.32 Å². The molecule has 1 N–H and O–H groups in total. The highest BCUT2D eigenvalue weighted by molar-refractivity contribution is 7.80. The molecule has 0 bridgehead atoms. The molecule has 1 aromatic carbocycles. The van der Waals surface area contributed by atoms with Gasteiger partial charge in [0.2, 0.25) is 0 Å². The number of ether oxygens (including phenoxy) is 1. The number of carbonyl (C=O) groups excluding carboxylic acids is 2. The summed E-state index contributed by atoms with van der Waals surface area (Å²) in [5.74, 6) is -0.907. The van der Waals surface area contributed by atoms with Crippen LogP contribution in [0.1, 0.15) is 22.8 Å². The van der Waals surface area contributed by atoms with Gasteiger partial charge < -0.3 is 14.9 Å². The Morgan fingerprint density at radius 2 is 2.00 bits per heavy atom. The smallest absolute Gasteiger partial charge is 0.329 e. The van der Waals surface area contributed by atoms with Crippen LogP contribution in [0.4, 0.5) is 0 Å². The van der Waals surface area contributed by atoms with Crippen molar-refractivity contribution < 1.29 is 24.3 Å². The summed E-state index contributed by atoms with van der Waals surface area (Å²) in [6.07, 6.45) is 0. The highest BCUT2D eigenvalue weighted by Crippen LogP contribution is 2.07. The van der Waals surface area contributed by atoms with Crippen LogP contribution in [0.15, 0.2) is 24.3 Å². The molecule has 0 saturated heterocycles. The van der Waals surface area contributed by atoms with Gasteiger partial charge in [0.25, 0.3) is 11.0 Å². The van der Waals surface area contributed by atoms with Crippen molar-refractivity contribution in [2.75, 3.05) is 12.4 Å². The maximum atomic E-state index is 12.0. The number of nitrogens with one attached hydrogen (secondary N) is 1. The minimum Gasteiger partial charge on any atom is -0.464 e. The Balaban J connectivity index is 2.64. The number of carbonyl (C=O) groups is 2. The first-order valence-corrected chi connectivity index (χ1v) is 7.05. The monoisotopic (exact) mass is 328 g/mol. The standard InChI is InChI=1S/C13H16N2O6S/c1-2-20-13(17)11(8-22)14-12(16)10-5-3-9(4-6-10)7-21-15(18)19/h3-6,11,22H,2,7-8H2,1H3,(H,14,16)/t11-/m0/s1. The maximum Gasteiger partial charge on any atom is 0.329 e. The lowest BCUT2D eigenvalue weighted by molar-refractivity contribution is -0.763. The minimum absolute atomic E-state index is 0.110. The first kappa shape index (κ1) is 17.8. The summed E-state index contributed by atoms with van der Waals surface area (Å²) in [7, 11) is 0. The van der Waals surface area contributed by atoms with E-state index in [-0.39, 0.29) is 19.0 Å². The van der Waals surface area contributed by atoms with E-state index in [1.165, 1.54) is 24.3 Å². The number of benzene rings is 1. The van der Waals surface area contributed by atoms with Gasteiger partial charge in [-0.15, -0.1) is 10.1 Å². The molecule has 22 heavy (non-hydrogen) atoms. The van der Waals surface area contributed by atoms with Gasteiger partial charge in [0.1, 0.15) is 12.6 Å². The lowest BCUT2D eigenvalue weighted by Crippen LogP contribution is -2.43. The highest BCUT2D eigenvalue weighted by atomic mass is 32.1. The Labute approximate surface area is 132 Å². The fraction of sp³-hybridized carbons (Fsp3) is 0.385. The summed E-state index contributed by atoms with van der Waals surface area (Å²) in [5.41, 5.74) is 0.852. The van der Waals surface area contributed by atoms with Crippen LogP contribution in [0.3, 0.4) is 0 Å². The fourth-order valence-corrected chi connectivity index (χ4v) is 1.78. The molecule has 1 rings (SSSR count). The lowest BCUT2D eigenvalue weighted by atomic mass is 10.1. The van der Waals surface area contributed by atoms with Gasteiger partial charge in [0.15, 0.2) is 0 Å². The molecule has 0 aliphatic carbocycles. The summed E-state index contributed by atoms with van der Waals surface area (Å²) in [5, 5.41) is 11.7. The first-order chi connectivity index (χ1) is 10.5. The third-order valence-electron chi connectivity index (χ3n) is 2.61. The van der Waals surface area contributed by atoms with Crippen molar-refractivity contribution in [1.29, 1.82) is 0 Å². The molecule has 0 aliphatic heterocycles. The average Bonchev–Trinajstić information content (AvgIpc) is 2.51. The number of rotatable bonds is 8. The number of amides is 1. The number of nitrogens with zero attached hydrogens (tertiary/aromatic N) is 1. The zero-order valence-electron chi connectivity index (χ0n) is 11.9. The third kappa shape index (κ3) is 5.60. The second-order valence-electron chi connectivity index (χ2n) is 4.15. The number of hydrogen-bond acceptors (Lipinski definition) is 7. The van der Waals surface area contributed by atoms with Crippen LogP contribution < -0.4 is 5.32 Å². The molecule has 8 nitrogen and oxygen atoms in total. The van der Waals surface area contributed by atoms with Gasteiger partial charge in [0.05, 0.1) is 6.61 Å². The van der Waals surface area contributed by atoms with E-state index in [4.69, 9.17) is 4.74 Å². The third-order valence-corrected chi connectivity index (χ3v) is 2.98. The average molecular weight is 328 g/mol. The van der Waals surface area contributed by atoms with Gasteiger partial charge in [-0.2, -0.15) is 12.6 Å². The Kier molecular flexibility index (Phi) is 7.17. The van der Waals surface area contributed by atoms with Crippen molar-refractivity contribution in [3.8, 4) is 0 Å². The van der Waals surface area contributed by atoms with Crippen LogP contribution in [0.5, 0.6) is 0 Å². The van der Waals surface area contributed by atoms with Crippen LogP contribution in [-0.4, -0.2) is 35.4 Å². The van der Waals surface area contributed by atoms with Gasteiger partial charge in [-0.1, -0.05) is 12.1 Å². The van der Waals surface area contributed by atoms with Crippen LogP contribution in [0.25, 0.3) is 0 Å². The molecule has 120 valence electrons. The Morgan fingerprint density at radius 1 is 1.36 bits per heavy atom. The second-order valence-corrected chi connectivity index (χ2v) is 4.52.